The first-order valence-corrected chi connectivity index (χ1v) is 16.4. The predicted octanol–water partition coefficient (Wildman–Crippen LogP) is 5.55. The molecule has 230 valence electrons. The Labute approximate surface area is 264 Å². The summed E-state index contributed by atoms with van der Waals surface area (Å²) in [4.78, 5) is 25.4. The maximum atomic E-state index is 13.6. The summed E-state index contributed by atoms with van der Waals surface area (Å²) < 4.78 is 1.85. The molecule has 0 aliphatic carbocycles. The van der Waals surface area contributed by atoms with Gasteiger partial charge in [-0.1, -0.05) is 42.3 Å². The van der Waals surface area contributed by atoms with Gasteiger partial charge in [0.15, 0.2) is 11.5 Å². The van der Waals surface area contributed by atoms with Crippen LogP contribution in [0.4, 0.5) is 5.69 Å². The Hall–Kier alpha value is -3.46. The first-order valence-electron chi connectivity index (χ1n) is 16.1. The zero-order valence-electron chi connectivity index (χ0n) is 25.4. The van der Waals surface area contributed by atoms with E-state index < -0.39 is 5.60 Å². The predicted molar refractivity (Wildman–Crippen MR) is 173 cm³/mol. The van der Waals surface area contributed by atoms with Gasteiger partial charge in [-0.2, -0.15) is 5.10 Å². The van der Waals surface area contributed by atoms with Gasteiger partial charge in [-0.3, -0.25) is 4.79 Å². The summed E-state index contributed by atoms with van der Waals surface area (Å²) in [5.74, 6) is 0.893. The molecule has 9 heteroatoms. The van der Waals surface area contributed by atoms with Gasteiger partial charge in [0.2, 0.25) is 0 Å². The molecule has 0 bridgehead atoms. The van der Waals surface area contributed by atoms with Gasteiger partial charge in [0.1, 0.15) is 0 Å². The maximum Gasteiger partial charge on any atom is 0.254 e. The fourth-order valence-corrected chi connectivity index (χ4v) is 7.70. The number of carbonyl (C=O) groups excluding carboxylic acids is 1. The van der Waals surface area contributed by atoms with E-state index in [-0.39, 0.29) is 5.91 Å². The van der Waals surface area contributed by atoms with Gasteiger partial charge in [0, 0.05) is 54.9 Å². The summed E-state index contributed by atoms with van der Waals surface area (Å²) in [5.41, 5.74) is 3.73. The first-order chi connectivity index (χ1) is 21.4. The number of likely N-dealkylation sites (tertiary alicyclic amines) is 2. The molecule has 0 spiro atoms. The summed E-state index contributed by atoms with van der Waals surface area (Å²) >= 11 is 6.06. The van der Waals surface area contributed by atoms with Gasteiger partial charge in [-0.15, -0.1) is 0 Å². The summed E-state index contributed by atoms with van der Waals surface area (Å²) in [6.45, 7) is 3.40. The van der Waals surface area contributed by atoms with Gasteiger partial charge in [0.05, 0.1) is 11.3 Å². The molecule has 2 aromatic carbocycles. The Bertz CT molecular complexity index is 1610. The number of piperidine rings is 2. The van der Waals surface area contributed by atoms with E-state index in [0.717, 1.165) is 59.8 Å². The molecule has 2 aromatic heterocycles. The van der Waals surface area contributed by atoms with Gasteiger partial charge in [0.25, 0.3) is 5.91 Å². The van der Waals surface area contributed by atoms with Crippen molar-refractivity contribution in [2.75, 3.05) is 38.1 Å². The monoisotopic (exact) mass is 612 g/mol. The van der Waals surface area contributed by atoms with Crippen LogP contribution >= 0.6 is 11.6 Å². The van der Waals surface area contributed by atoms with Crippen LogP contribution in [0.25, 0.3) is 5.65 Å². The molecule has 4 aromatic rings. The van der Waals surface area contributed by atoms with E-state index in [1.54, 1.807) is 0 Å². The number of pyridine rings is 1. The van der Waals surface area contributed by atoms with Gasteiger partial charge < -0.3 is 19.8 Å². The van der Waals surface area contributed by atoms with Crippen molar-refractivity contribution in [3.63, 3.8) is 0 Å². The van der Waals surface area contributed by atoms with Crippen molar-refractivity contribution in [3.05, 3.63) is 94.4 Å². The summed E-state index contributed by atoms with van der Waals surface area (Å²) in [5, 5.41) is 16.8. The third-order valence-corrected chi connectivity index (χ3v) is 10.3. The van der Waals surface area contributed by atoms with Crippen molar-refractivity contribution in [2.45, 2.75) is 69.1 Å². The van der Waals surface area contributed by atoms with Crippen LogP contribution in [-0.4, -0.2) is 80.7 Å². The minimum Gasteiger partial charge on any atom is -0.385 e. The molecule has 2 unspecified atom stereocenters. The number of halogens is 1. The minimum atomic E-state index is -0.861. The van der Waals surface area contributed by atoms with Crippen molar-refractivity contribution in [2.24, 2.45) is 0 Å². The zero-order valence-corrected chi connectivity index (χ0v) is 26.2. The molecule has 1 N–H and O–H groups in total. The molecular weight excluding hydrogens is 572 g/mol. The lowest BCUT2D eigenvalue weighted by atomic mass is 9.84. The quantitative estimate of drug-likeness (QED) is 0.308. The number of rotatable bonds is 6. The number of benzene rings is 2. The van der Waals surface area contributed by atoms with Crippen molar-refractivity contribution < 1.29 is 9.90 Å². The lowest BCUT2D eigenvalue weighted by Gasteiger charge is -2.40. The molecule has 2 atom stereocenters. The van der Waals surface area contributed by atoms with Crippen molar-refractivity contribution in [1.29, 1.82) is 0 Å². The van der Waals surface area contributed by atoms with E-state index in [9.17, 15) is 9.90 Å². The molecule has 3 aliphatic heterocycles. The summed E-state index contributed by atoms with van der Waals surface area (Å²) in [6.07, 6.45) is 9.64. The molecule has 3 aliphatic rings. The normalized spacial score (nSPS) is 22.5. The number of likely N-dealkylation sites (N-methyl/N-ethyl adjacent to an activating group) is 1. The molecule has 8 nitrogen and oxygen atoms in total. The fourth-order valence-electron chi connectivity index (χ4n) is 7.57. The summed E-state index contributed by atoms with van der Waals surface area (Å²) in [6, 6.07) is 20.4. The van der Waals surface area contributed by atoms with Crippen LogP contribution in [0.5, 0.6) is 0 Å². The van der Waals surface area contributed by atoms with Gasteiger partial charge in [-0.25, -0.2) is 9.50 Å². The Morgan fingerprint density at radius 1 is 0.932 bits per heavy atom. The second-order valence-corrected chi connectivity index (χ2v) is 13.3. The Balaban J connectivity index is 1.02. The third kappa shape index (κ3) is 5.71. The largest absolute Gasteiger partial charge is 0.385 e. The van der Waals surface area contributed by atoms with Crippen LogP contribution in [0.2, 0.25) is 5.02 Å². The molecule has 44 heavy (non-hydrogen) atoms. The molecule has 7 rings (SSSR count). The van der Waals surface area contributed by atoms with Gasteiger partial charge in [-0.05, 0) is 99.6 Å². The topological polar surface area (TPSA) is 77.2 Å². The van der Waals surface area contributed by atoms with Crippen LogP contribution in [-0.2, 0) is 12.0 Å². The minimum absolute atomic E-state index is 0.151. The fraction of sp³-hybridized carbons (Fsp3) is 0.457. The van der Waals surface area contributed by atoms with Crippen LogP contribution in [0.1, 0.15) is 72.3 Å². The third-order valence-electron chi connectivity index (χ3n) is 10.1. The molecule has 3 fully saturated rings. The van der Waals surface area contributed by atoms with E-state index in [1.807, 2.05) is 65.3 Å². The highest BCUT2D eigenvalue weighted by Gasteiger charge is 2.38. The number of anilines is 1. The number of aromatic nitrogens is 3. The van der Waals surface area contributed by atoms with E-state index in [0.29, 0.717) is 49.5 Å². The number of fused-ring (bicyclic) bond motifs is 1. The van der Waals surface area contributed by atoms with Crippen molar-refractivity contribution >= 4 is 28.8 Å². The Kier molecular flexibility index (Phi) is 8.08. The van der Waals surface area contributed by atoms with Crippen molar-refractivity contribution in [3.8, 4) is 0 Å². The van der Waals surface area contributed by atoms with E-state index in [2.05, 4.69) is 27.8 Å². The Morgan fingerprint density at radius 3 is 2.43 bits per heavy atom. The first kappa shape index (κ1) is 29.3. The molecule has 0 saturated carbocycles. The number of nitrogens with zero attached hydrogens (tertiary/aromatic N) is 6. The molecule has 5 heterocycles. The number of carbonyl (C=O) groups is 1. The lowest BCUT2D eigenvalue weighted by Crippen LogP contribution is -2.51. The number of aliphatic hydroxyl groups is 1. The van der Waals surface area contributed by atoms with Gasteiger partial charge >= 0.3 is 0 Å². The smallest absolute Gasteiger partial charge is 0.254 e. The van der Waals surface area contributed by atoms with Crippen LogP contribution < -0.4 is 4.90 Å². The average Bonchev–Trinajstić information content (AvgIpc) is 3.69. The highest BCUT2D eigenvalue weighted by molar-refractivity contribution is 6.30. The highest BCUT2D eigenvalue weighted by Crippen LogP contribution is 2.36. The molecular formula is C35H41ClN6O2. The van der Waals surface area contributed by atoms with E-state index in [1.165, 1.54) is 19.3 Å². The number of hydrogen-bond acceptors (Lipinski definition) is 6. The number of hydrogen-bond donors (Lipinski definition) is 1. The maximum absolute atomic E-state index is 13.6. The Morgan fingerprint density at radius 2 is 1.68 bits per heavy atom. The molecule has 0 radical (unpaired) electrons. The van der Waals surface area contributed by atoms with Crippen LogP contribution in [0.15, 0.2) is 66.9 Å². The lowest BCUT2D eigenvalue weighted by molar-refractivity contribution is 0.0118. The zero-order chi connectivity index (χ0) is 30.3. The standard InChI is InChI=1S/C35H41ClN6O2/c1-39-19-3-2-6-29(39)30-7-4-20-41(30)34(43)26-11-9-25(10-12-26)24-32-37-33-31(8-5-21-42(33)38-32)40-22-17-35(44,18-23-40)27-13-15-28(36)16-14-27/h5,8-16,21,29-30,44H,2-4,6-7,17-20,22-24H2,1H3. The molecule has 3 saturated heterocycles. The second kappa shape index (κ2) is 12.1. The number of amides is 1. The molecule has 1 amide bonds. The van der Waals surface area contributed by atoms with Crippen LogP contribution in [0, 0.1) is 0 Å². The SMILES string of the molecule is CN1CCCCC1C1CCCN1C(=O)c1ccc(Cc2nc3c(N4CCC(O)(c5ccc(Cl)cc5)CC4)cccn3n2)cc1. The van der Waals surface area contributed by atoms with E-state index in [4.69, 9.17) is 21.7 Å². The van der Waals surface area contributed by atoms with Crippen LogP contribution in [0.3, 0.4) is 0 Å². The van der Waals surface area contributed by atoms with Crippen molar-refractivity contribution in [1.82, 2.24) is 24.4 Å². The average molecular weight is 613 g/mol. The highest BCUT2D eigenvalue weighted by atomic mass is 35.5. The second-order valence-electron chi connectivity index (χ2n) is 12.8. The summed E-state index contributed by atoms with van der Waals surface area (Å²) in [7, 11) is 2.21. The van der Waals surface area contributed by atoms with E-state index >= 15 is 0 Å².